The Morgan fingerprint density at radius 3 is 1.77 bits per heavy atom. The van der Waals surface area contributed by atoms with Crippen molar-refractivity contribution in [1.82, 2.24) is 4.57 Å². The van der Waals surface area contributed by atoms with E-state index in [9.17, 15) is 52.5 Å². The predicted octanol–water partition coefficient (Wildman–Crippen LogP) is 3.02. The van der Waals surface area contributed by atoms with Crippen LogP contribution in [0.15, 0.2) is 24.3 Å². The van der Waals surface area contributed by atoms with E-state index in [-0.39, 0.29) is 11.0 Å². The van der Waals surface area contributed by atoms with Crippen LogP contribution in [-0.4, -0.2) is 42.7 Å². The fourth-order valence-corrected chi connectivity index (χ4v) is 2.42. The zero-order valence-corrected chi connectivity index (χ0v) is 16.0. The van der Waals surface area contributed by atoms with Crippen LogP contribution >= 0.6 is 0 Å². The van der Waals surface area contributed by atoms with Crippen LogP contribution in [-0.2, 0) is 34.6 Å². The van der Waals surface area contributed by atoms with Crippen molar-refractivity contribution < 1.29 is 61.2 Å². The Morgan fingerprint density at radius 1 is 0.967 bits per heavy atom. The smallest absolute Gasteiger partial charge is 0.460 e. The third-order valence-electron chi connectivity index (χ3n) is 3.87. The van der Waals surface area contributed by atoms with Crippen molar-refractivity contribution in [3.05, 3.63) is 30.1 Å². The zero-order chi connectivity index (χ0) is 23.9. The first-order chi connectivity index (χ1) is 13.2. The normalized spacial score (nSPS) is 13.9. The molecule has 0 saturated carbocycles. The maximum atomic E-state index is 14.1. The van der Waals surface area contributed by atoms with Crippen molar-refractivity contribution in [3.8, 4) is 0 Å². The third-order valence-corrected chi connectivity index (χ3v) is 4.28. The Hall–Kier alpha value is -2.07. The summed E-state index contributed by atoms with van der Waals surface area (Å²) in [5.74, 6) is -21.1. The first kappa shape index (κ1) is 26.0. The van der Waals surface area contributed by atoms with Gasteiger partial charge in [0.1, 0.15) is 0 Å². The van der Waals surface area contributed by atoms with Crippen LogP contribution in [0.5, 0.6) is 0 Å². The van der Waals surface area contributed by atoms with E-state index in [1.807, 2.05) is 0 Å². The van der Waals surface area contributed by atoms with Crippen LogP contribution in [0.3, 0.4) is 0 Å². The lowest BCUT2D eigenvalue weighted by molar-refractivity contribution is -0.668. The van der Waals surface area contributed by atoms with Gasteiger partial charge in [-0.25, -0.2) is 17.6 Å². The third kappa shape index (κ3) is 4.34. The summed E-state index contributed by atoms with van der Waals surface area (Å²) in [5, 5.41) is 0. The molecule has 0 amide bonds. The van der Waals surface area contributed by atoms with Gasteiger partial charge in [-0.3, -0.25) is 4.18 Å². The maximum Gasteiger partial charge on any atom is 0.460 e. The number of para-hydroxylation sites is 2. The predicted molar refractivity (Wildman–Crippen MR) is 80.6 cm³/mol. The van der Waals surface area contributed by atoms with Crippen molar-refractivity contribution in [2.45, 2.75) is 23.9 Å². The first-order valence-corrected chi connectivity index (χ1v) is 8.73. The molecule has 0 aliphatic rings. The SMILES string of the molecule is COS(=O)(=O)[O-].Cn1c(C(F)(F)C(F)(F)C(F)(F)C(F)(F)F)[n+](C)c2ccccc21. The number of rotatable bonds is 4. The fourth-order valence-electron chi connectivity index (χ4n) is 2.42. The molecule has 1 heterocycles. The van der Waals surface area contributed by atoms with Gasteiger partial charge in [-0.1, -0.05) is 12.1 Å². The molecule has 0 N–H and O–H groups in total. The molecule has 0 aliphatic heterocycles. The Kier molecular flexibility index (Phi) is 6.82. The second-order valence-electron chi connectivity index (χ2n) is 5.73. The average molecular weight is 476 g/mol. The summed E-state index contributed by atoms with van der Waals surface area (Å²) >= 11 is 0. The number of nitrogens with zero attached hydrogens (tertiary/aromatic N) is 2. The summed E-state index contributed by atoms with van der Waals surface area (Å²) in [5.41, 5.74) is -0.0819. The van der Waals surface area contributed by atoms with E-state index in [4.69, 9.17) is 0 Å². The summed E-state index contributed by atoms with van der Waals surface area (Å²) in [6.07, 6.45) is -6.84. The highest BCUT2D eigenvalue weighted by Crippen LogP contribution is 2.56. The number of aromatic nitrogens is 2. The number of imidazole rings is 1. The van der Waals surface area contributed by atoms with Crippen LogP contribution in [0, 0.1) is 0 Å². The quantitative estimate of drug-likeness (QED) is 0.294. The number of alkyl halides is 9. The second kappa shape index (κ2) is 7.88. The highest BCUT2D eigenvalue weighted by molar-refractivity contribution is 7.80. The van der Waals surface area contributed by atoms with Gasteiger partial charge in [-0.05, 0) is 12.1 Å². The Labute approximate surface area is 163 Å². The Morgan fingerprint density at radius 2 is 1.40 bits per heavy atom. The molecule has 2 rings (SSSR count). The molecule has 1 aromatic heterocycles. The summed E-state index contributed by atoms with van der Waals surface area (Å²) in [6, 6.07) is 5.20. The number of hydrogen-bond donors (Lipinski definition) is 0. The molecule has 16 heteroatoms. The fraction of sp³-hybridized carbons (Fsp3) is 0.500. The van der Waals surface area contributed by atoms with E-state index in [0.717, 1.165) is 21.2 Å². The van der Waals surface area contributed by atoms with Crippen molar-refractivity contribution >= 4 is 21.4 Å². The molecule has 0 radical (unpaired) electrons. The van der Waals surface area contributed by atoms with Crippen molar-refractivity contribution in [1.29, 1.82) is 0 Å². The van der Waals surface area contributed by atoms with Gasteiger partial charge in [-0.2, -0.15) is 39.5 Å². The molecule has 2 aromatic rings. The molecule has 0 unspecified atom stereocenters. The molecular weight excluding hydrogens is 463 g/mol. The minimum atomic E-state index is -6.92. The van der Waals surface area contributed by atoms with Gasteiger partial charge in [-0.15, -0.1) is 0 Å². The number of halogens is 9. The van der Waals surface area contributed by atoms with Gasteiger partial charge < -0.3 is 4.55 Å². The van der Waals surface area contributed by atoms with Gasteiger partial charge >= 0.3 is 29.8 Å². The van der Waals surface area contributed by atoms with Crippen LogP contribution in [0.25, 0.3) is 11.0 Å². The van der Waals surface area contributed by atoms with E-state index in [2.05, 4.69) is 4.18 Å². The molecule has 0 aliphatic carbocycles. The molecule has 30 heavy (non-hydrogen) atoms. The Balaban J connectivity index is 0.000000656. The average Bonchev–Trinajstić information content (AvgIpc) is 2.85. The van der Waals surface area contributed by atoms with Crippen LogP contribution < -0.4 is 4.57 Å². The van der Waals surface area contributed by atoms with Gasteiger partial charge in [0.25, 0.3) is 0 Å². The molecule has 0 atom stereocenters. The number of fused-ring (bicyclic) bond motifs is 1. The lowest BCUT2D eigenvalue weighted by Gasteiger charge is -2.31. The highest BCUT2D eigenvalue weighted by atomic mass is 32.3. The second-order valence-corrected chi connectivity index (χ2v) is 6.88. The minimum Gasteiger partial charge on any atom is -0.726 e. The molecular formula is C14H13F9N2O4S. The van der Waals surface area contributed by atoms with Crippen LogP contribution in [0.1, 0.15) is 5.82 Å². The first-order valence-electron chi connectivity index (χ1n) is 7.39. The van der Waals surface area contributed by atoms with Gasteiger partial charge in [0.15, 0.2) is 11.0 Å². The van der Waals surface area contributed by atoms with Crippen LogP contribution in [0.4, 0.5) is 39.5 Å². The standard InChI is InChI=1S/C13H10F9N2.CH4O4S/c1-23-7-5-3-4-6-8(7)24(2)9(23)10(14,15)11(16,17)12(18,19)13(20,21)22;1-5-6(2,3)4/h3-6H,1-2H3;1H3,(H,2,3,4)/q+1;/p-1. The minimum absolute atomic E-state index is 0.0409. The van der Waals surface area contributed by atoms with E-state index in [1.165, 1.54) is 24.3 Å². The number of benzene rings is 1. The lowest BCUT2D eigenvalue weighted by atomic mass is 10.0. The van der Waals surface area contributed by atoms with Gasteiger partial charge in [0.2, 0.25) is 10.4 Å². The molecule has 6 nitrogen and oxygen atoms in total. The van der Waals surface area contributed by atoms with Gasteiger partial charge in [0, 0.05) is 0 Å². The van der Waals surface area contributed by atoms with Crippen molar-refractivity contribution in [3.63, 3.8) is 0 Å². The van der Waals surface area contributed by atoms with E-state index < -0.39 is 40.2 Å². The molecule has 0 saturated heterocycles. The monoisotopic (exact) mass is 476 g/mol. The van der Waals surface area contributed by atoms with E-state index in [1.54, 1.807) is 0 Å². The topological polar surface area (TPSA) is 75.2 Å². The molecule has 0 fully saturated rings. The Bertz CT molecular complexity index is 977. The molecule has 172 valence electrons. The summed E-state index contributed by atoms with van der Waals surface area (Å²) in [6.45, 7) is 0. The van der Waals surface area contributed by atoms with E-state index in [0.29, 0.717) is 9.13 Å². The van der Waals surface area contributed by atoms with E-state index >= 15 is 0 Å². The molecule has 1 aromatic carbocycles. The van der Waals surface area contributed by atoms with Crippen molar-refractivity contribution in [2.75, 3.05) is 7.11 Å². The lowest BCUT2D eigenvalue weighted by Crippen LogP contribution is -2.62. The van der Waals surface area contributed by atoms with Crippen LogP contribution in [0.2, 0.25) is 0 Å². The largest absolute Gasteiger partial charge is 0.726 e. The summed E-state index contributed by atoms with van der Waals surface area (Å²) in [4.78, 5) is 0. The van der Waals surface area contributed by atoms with Crippen molar-refractivity contribution in [2.24, 2.45) is 14.1 Å². The maximum absolute atomic E-state index is 14.1. The summed E-state index contributed by atoms with van der Waals surface area (Å²) in [7, 11) is -1.87. The number of aryl methyl sites for hydroxylation is 2. The molecule has 0 bridgehead atoms. The summed E-state index contributed by atoms with van der Waals surface area (Å²) < 4.78 is 150. The number of hydrogen-bond acceptors (Lipinski definition) is 4. The van der Waals surface area contributed by atoms with Gasteiger partial charge in [0.05, 0.1) is 21.2 Å². The highest BCUT2D eigenvalue weighted by Gasteiger charge is 2.84. The zero-order valence-electron chi connectivity index (χ0n) is 15.1. The molecule has 0 spiro atoms.